The predicted octanol–water partition coefficient (Wildman–Crippen LogP) is 2.68. The van der Waals surface area contributed by atoms with Crippen LogP contribution in [0.1, 0.15) is 22.8 Å². The number of non-ortho nitro benzene ring substituents is 1. The second-order valence-electron chi connectivity index (χ2n) is 5.77. The van der Waals surface area contributed by atoms with Gasteiger partial charge >= 0.3 is 5.97 Å². The fraction of sp³-hybridized carbons (Fsp3) is 0.222. The summed E-state index contributed by atoms with van der Waals surface area (Å²) in [4.78, 5) is 34.6. The molecular formula is C18H19N3O6. The summed E-state index contributed by atoms with van der Waals surface area (Å²) in [5.41, 5.74) is 6.60. The van der Waals surface area contributed by atoms with Crippen LogP contribution in [0.15, 0.2) is 36.4 Å². The fourth-order valence-corrected chi connectivity index (χ4v) is 2.28. The monoisotopic (exact) mass is 373 g/mol. The van der Waals surface area contributed by atoms with Crippen molar-refractivity contribution < 1.29 is 24.0 Å². The van der Waals surface area contributed by atoms with E-state index in [-0.39, 0.29) is 16.9 Å². The van der Waals surface area contributed by atoms with Gasteiger partial charge in [-0.15, -0.1) is 0 Å². The summed E-state index contributed by atoms with van der Waals surface area (Å²) in [6, 6.07) is 8.63. The van der Waals surface area contributed by atoms with Gasteiger partial charge in [0.2, 0.25) is 0 Å². The van der Waals surface area contributed by atoms with Crippen LogP contribution >= 0.6 is 0 Å². The lowest BCUT2D eigenvalue weighted by Crippen LogP contribution is -2.30. The van der Waals surface area contributed by atoms with Crippen LogP contribution in [0.4, 0.5) is 17.1 Å². The van der Waals surface area contributed by atoms with Crippen molar-refractivity contribution in [3.63, 3.8) is 0 Å². The van der Waals surface area contributed by atoms with E-state index in [1.807, 2.05) is 13.0 Å². The molecule has 0 aliphatic heterocycles. The molecule has 142 valence electrons. The molecule has 0 unspecified atom stereocenters. The molecule has 2 aromatic rings. The number of nitrogens with one attached hydrogen (secondary N) is 1. The van der Waals surface area contributed by atoms with E-state index in [1.54, 1.807) is 12.1 Å². The number of aryl methyl sites for hydroxylation is 1. The SMILES string of the molecule is COc1ccc(C)cc1NC(=O)[C@H](C)OC(=O)c1ccc([N+](=O)[O-])cc1N. The van der Waals surface area contributed by atoms with Crippen LogP contribution in [0.5, 0.6) is 5.75 Å². The number of ether oxygens (including phenoxy) is 2. The third kappa shape index (κ3) is 4.72. The molecule has 9 heteroatoms. The van der Waals surface area contributed by atoms with E-state index in [4.69, 9.17) is 15.2 Å². The molecule has 3 N–H and O–H groups in total. The van der Waals surface area contributed by atoms with Crippen molar-refractivity contribution in [2.45, 2.75) is 20.0 Å². The number of benzene rings is 2. The first-order valence-corrected chi connectivity index (χ1v) is 7.93. The van der Waals surface area contributed by atoms with E-state index in [9.17, 15) is 19.7 Å². The molecule has 2 rings (SSSR count). The van der Waals surface area contributed by atoms with Crippen LogP contribution in [0.3, 0.4) is 0 Å². The highest BCUT2D eigenvalue weighted by molar-refractivity contribution is 6.00. The van der Waals surface area contributed by atoms with E-state index in [0.29, 0.717) is 11.4 Å². The second kappa shape index (κ2) is 8.17. The molecule has 0 heterocycles. The minimum atomic E-state index is -1.13. The van der Waals surface area contributed by atoms with Crippen LogP contribution in [0.2, 0.25) is 0 Å². The number of anilines is 2. The van der Waals surface area contributed by atoms with Gasteiger partial charge in [-0.2, -0.15) is 0 Å². The molecule has 9 nitrogen and oxygen atoms in total. The number of esters is 1. The van der Waals surface area contributed by atoms with Crippen molar-refractivity contribution in [3.05, 3.63) is 57.6 Å². The Labute approximate surface area is 155 Å². The fourth-order valence-electron chi connectivity index (χ4n) is 2.28. The molecule has 0 spiro atoms. The van der Waals surface area contributed by atoms with Gasteiger partial charge in [0.05, 0.1) is 29.0 Å². The number of methoxy groups -OCH3 is 1. The number of hydrogen-bond donors (Lipinski definition) is 2. The highest BCUT2D eigenvalue weighted by Gasteiger charge is 2.22. The van der Waals surface area contributed by atoms with Crippen LogP contribution in [0.25, 0.3) is 0 Å². The molecule has 0 aliphatic rings. The molecule has 2 aromatic carbocycles. The number of amides is 1. The highest BCUT2D eigenvalue weighted by Crippen LogP contribution is 2.26. The molecular weight excluding hydrogens is 354 g/mol. The summed E-state index contributed by atoms with van der Waals surface area (Å²) < 4.78 is 10.3. The Bertz CT molecular complexity index is 897. The zero-order chi connectivity index (χ0) is 20.1. The quantitative estimate of drug-likeness (QED) is 0.344. The standard InChI is InChI=1S/C18H19N3O6/c1-10-4-7-16(26-3)15(8-10)20-17(22)11(2)27-18(23)13-6-5-12(21(24)25)9-14(13)19/h4-9,11H,19H2,1-3H3,(H,20,22)/t11-/m0/s1. The van der Waals surface area contributed by atoms with Crippen molar-refractivity contribution in [1.29, 1.82) is 0 Å². The van der Waals surface area contributed by atoms with E-state index in [2.05, 4.69) is 5.32 Å². The lowest BCUT2D eigenvalue weighted by Gasteiger charge is -2.16. The largest absolute Gasteiger partial charge is 0.495 e. The van der Waals surface area contributed by atoms with Gasteiger partial charge in [0.15, 0.2) is 6.10 Å². The summed E-state index contributed by atoms with van der Waals surface area (Å²) >= 11 is 0. The van der Waals surface area contributed by atoms with Crippen molar-refractivity contribution in [2.24, 2.45) is 0 Å². The molecule has 1 atom stereocenters. The summed E-state index contributed by atoms with van der Waals surface area (Å²) in [6.45, 7) is 3.26. The smallest absolute Gasteiger partial charge is 0.341 e. The number of carbonyl (C=O) groups is 2. The molecule has 0 aliphatic carbocycles. The number of rotatable bonds is 6. The Morgan fingerprint density at radius 3 is 2.52 bits per heavy atom. The van der Waals surface area contributed by atoms with E-state index < -0.39 is 22.9 Å². The van der Waals surface area contributed by atoms with Crippen molar-refractivity contribution in [2.75, 3.05) is 18.2 Å². The topological polar surface area (TPSA) is 134 Å². The minimum absolute atomic E-state index is 0.0617. The lowest BCUT2D eigenvalue weighted by molar-refractivity contribution is -0.384. The van der Waals surface area contributed by atoms with Gasteiger partial charge in [0.1, 0.15) is 5.75 Å². The Balaban J connectivity index is 2.09. The zero-order valence-corrected chi connectivity index (χ0v) is 15.0. The Morgan fingerprint density at radius 1 is 1.22 bits per heavy atom. The average Bonchev–Trinajstić information content (AvgIpc) is 2.61. The number of nitro groups is 1. The average molecular weight is 373 g/mol. The number of nitrogen functional groups attached to an aromatic ring is 1. The van der Waals surface area contributed by atoms with Crippen LogP contribution < -0.4 is 15.8 Å². The molecule has 0 radical (unpaired) electrons. The van der Waals surface area contributed by atoms with Gasteiger partial charge in [-0.3, -0.25) is 14.9 Å². The van der Waals surface area contributed by atoms with Crippen LogP contribution in [0, 0.1) is 17.0 Å². The minimum Gasteiger partial charge on any atom is -0.495 e. The molecule has 0 saturated heterocycles. The molecule has 1 amide bonds. The van der Waals surface area contributed by atoms with Crippen molar-refractivity contribution >= 4 is 28.9 Å². The first-order chi connectivity index (χ1) is 12.7. The normalized spacial score (nSPS) is 11.4. The maximum Gasteiger partial charge on any atom is 0.341 e. The third-order valence-electron chi connectivity index (χ3n) is 3.73. The molecule has 0 saturated carbocycles. The van der Waals surface area contributed by atoms with Crippen molar-refractivity contribution in [3.8, 4) is 5.75 Å². The maximum absolute atomic E-state index is 12.3. The summed E-state index contributed by atoms with van der Waals surface area (Å²) in [6.07, 6.45) is -1.13. The Morgan fingerprint density at radius 2 is 1.93 bits per heavy atom. The Kier molecular flexibility index (Phi) is 5.96. The summed E-state index contributed by atoms with van der Waals surface area (Å²) in [5, 5.41) is 13.4. The molecule has 0 bridgehead atoms. The van der Waals surface area contributed by atoms with Gasteiger partial charge in [-0.1, -0.05) is 6.07 Å². The first-order valence-electron chi connectivity index (χ1n) is 7.93. The number of hydrogen-bond acceptors (Lipinski definition) is 7. The van der Waals surface area contributed by atoms with Gasteiger partial charge in [-0.25, -0.2) is 4.79 Å². The summed E-state index contributed by atoms with van der Waals surface area (Å²) in [5.74, 6) is -0.957. The number of carbonyl (C=O) groups excluding carboxylic acids is 2. The van der Waals surface area contributed by atoms with Gasteiger partial charge in [0.25, 0.3) is 11.6 Å². The van der Waals surface area contributed by atoms with Gasteiger partial charge in [0, 0.05) is 12.1 Å². The first kappa shape index (κ1) is 19.7. The third-order valence-corrected chi connectivity index (χ3v) is 3.73. The van der Waals surface area contributed by atoms with Gasteiger partial charge in [-0.05, 0) is 37.6 Å². The molecule has 0 aromatic heterocycles. The number of nitrogens with two attached hydrogens (primary N) is 1. The maximum atomic E-state index is 12.3. The lowest BCUT2D eigenvalue weighted by atomic mass is 10.1. The Hall–Kier alpha value is -3.62. The summed E-state index contributed by atoms with van der Waals surface area (Å²) in [7, 11) is 1.47. The van der Waals surface area contributed by atoms with Crippen molar-refractivity contribution in [1.82, 2.24) is 0 Å². The number of nitrogens with zero attached hydrogens (tertiary/aromatic N) is 1. The van der Waals surface area contributed by atoms with E-state index >= 15 is 0 Å². The second-order valence-corrected chi connectivity index (χ2v) is 5.77. The molecule has 27 heavy (non-hydrogen) atoms. The van der Waals surface area contributed by atoms with Crippen LogP contribution in [-0.2, 0) is 9.53 Å². The van der Waals surface area contributed by atoms with Gasteiger partial charge < -0.3 is 20.5 Å². The molecule has 0 fully saturated rings. The van der Waals surface area contributed by atoms with E-state index in [1.165, 1.54) is 20.1 Å². The van der Waals surface area contributed by atoms with Crippen LogP contribution in [-0.4, -0.2) is 30.0 Å². The highest BCUT2D eigenvalue weighted by atomic mass is 16.6. The zero-order valence-electron chi connectivity index (χ0n) is 15.0. The predicted molar refractivity (Wildman–Crippen MR) is 98.7 cm³/mol. The van der Waals surface area contributed by atoms with E-state index in [0.717, 1.165) is 17.7 Å². The number of nitro benzene ring substituents is 1.